The monoisotopic (exact) mass is 371 g/mol. The smallest absolute Gasteiger partial charge is 0.340 e. The Kier molecular flexibility index (Phi) is 7.30. The average molecular weight is 371 g/mol. The Morgan fingerprint density at radius 2 is 1.74 bits per heavy atom. The number of unbranched alkanes of at least 4 members (excludes halogenated alkanes) is 1. The molecular weight excluding hydrogens is 350 g/mol. The minimum absolute atomic E-state index is 0.0465. The summed E-state index contributed by atoms with van der Waals surface area (Å²) >= 11 is 0. The number of benzene rings is 2. The summed E-state index contributed by atoms with van der Waals surface area (Å²) in [4.78, 5) is 34.6. The van der Waals surface area contributed by atoms with Crippen LogP contribution in [0.5, 0.6) is 0 Å². The molecule has 2 N–H and O–H groups in total. The van der Waals surface area contributed by atoms with Crippen LogP contribution in [0.1, 0.15) is 30.1 Å². The predicted molar refractivity (Wildman–Crippen MR) is 102 cm³/mol. The van der Waals surface area contributed by atoms with Gasteiger partial charge in [0.2, 0.25) is 0 Å². The third-order valence-corrected chi connectivity index (χ3v) is 3.70. The summed E-state index contributed by atoms with van der Waals surface area (Å²) in [6.45, 7) is 2.24. The number of hydrogen-bond acceptors (Lipinski definition) is 6. The number of esters is 1. The van der Waals surface area contributed by atoms with E-state index in [-0.39, 0.29) is 11.4 Å². The Labute approximate surface area is 156 Å². The molecule has 142 valence electrons. The van der Waals surface area contributed by atoms with Gasteiger partial charge in [-0.3, -0.25) is 14.9 Å². The summed E-state index contributed by atoms with van der Waals surface area (Å²) in [5.74, 6) is -1.30. The van der Waals surface area contributed by atoms with Crippen molar-refractivity contribution in [2.45, 2.75) is 19.8 Å². The number of carbonyl (C=O) groups is 2. The highest BCUT2D eigenvalue weighted by Gasteiger charge is 2.17. The van der Waals surface area contributed by atoms with Gasteiger partial charge in [-0.2, -0.15) is 0 Å². The first-order chi connectivity index (χ1) is 13.0. The van der Waals surface area contributed by atoms with Gasteiger partial charge in [-0.25, -0.2) is 4.79 Å². The highest BCUT2D eigenvalue weighted by atomic mass is 16.6. The van der Waals surface area contributed by atoms with Crippen molar-refractivity contribution < 1.29 is 19.2 Å². The van der Waals surface area contributed by atoms with Crippen LogP contribution in [-0.4, -0.2) is 30.0 Å². The van der Waals surface area contributed by atoms with Crippen LogP contribution in [0.2, 0.25) is 0 Å². The lowest BCUT2D eigenvalue weighted by Gasteiger charge is -2.11. The molecule has 0 aliphatic carbocycles. The highest BCUT2D eigenvalue weighted by molar-refractivity contribution is 5.99. The number of hydrogen-bond donors (Lipinski definition) is 2. The molecule has 0 heterocycles. The molecule has 0 aliphatic rings. The van der Waals surface area contributed by atoms with Crippen LogP contribution < -0.4 is 10.6 Å². The maximum absolute atomic E-state index is 12.3. The third-order valence-electron chi connectivity index (χ3n) is 3.70. The summed E-state index contributed by atoms with van der Waals surface area (Å²) in [6, 6.07) is 12.6. The number of nitrogens with one attached hydrogen (secondary N) is 2. The van der Waals surface area contributed by atoms with E-state index in [1.165, 1.54) is 18.2 Å². The molecule has 2 rings (SSSR count). The van der Waals surface area contributed by atoms with Crippen LogP contribution >= 0.6 is 0 Å². The number of nitro benzene ring substituents is 1. The van der Waals surface area contributed by atoms with Gasteiger partial charge < -0.3 is 15.4 Å². The molecule has 0 saturated heterocycles. The molecule has 0 atom stereocenters. The minimum atomic E-state index is -0.658. The van der Waals surface area contributed by atoms with Gasteiger partial charge in [-0.15, -0.1) is 0 Å². The van der Waals surface area contributed by atoms with E-state index in [0.717, 1.165) is 19.4 Å². The van der Waals surface area contributed by atoms with Crippen LogP contribution in [-0.2, 0) is 9.53 Å². The van der Waals surface area contributed by atoms with Crippen molar-refractivity contribution in [2.75, 3.05) is 23.8 Å². The standard InChI is InChI=1S/C19H21N3O5/c1-2-3-12-20-15-9-5-4-8-14(15)19(24)27-13-18(23)21-16-10-6-7-11-17(16)22(25)26/h4-11,20H,2-3,12-13H2,1H3,(H,21,23). The molecule has 2 aromatic carbocycles. The van der Waals surface area contributed by atoms with Gasteiger partial charge in [0.25, 0.3) is 11.6 Å². The van der Waals surface area contributed by atoms with Crippen molar-refractivity contribution in [2.24, 2.45) is 0 Å². The van der Waals surface area contributed by atoms with E-state index in [2.05, 4.69) is 17.6 Å². The molecule has 27 heavy (non-hydrogen) atoms. The molecule has 1 amide bonds. The van der Waals surface area contributed by atoms with Gasteiger partial charge >= 0.3 is 5.97 Å². The molecule has 0 bridgehead atoms. The largest absolute Gasteiger partial charge is 0.452 e. The SMILES string of the molecule is CCCCNc1ccccc1C(=O)OCC(=O)Nc1ccccc1[N+](=O)[O-]. The first-order valence-electron chi connectivity index (χ1n) is 8.56. The van der Waals surface area contributed by atoms with Crippen LogP contribution in [0.25, 0.3) is 0 Å². The van der Waals surface area contributed by atoms with Crippen LogP contribution in [0.4, 0.5) is 17.1 Å². The fourth-order valence-electron chi connectivity index (χ4n) is 2.35. The van der Waals surface area contributed by atoms with Gasteiger partial charge in [-0.05, 0) is 24.6 Å². The molecule has 0 saturated carbocycles. The number of nitro groups is 1. The van der Waals surface area contributed by atoms with Crippen molar-refractivity contribution in [1.29, 1.82) is 0 Å². The van der Waals surface area contributed by atoms with Crippen molar-refractivity contribution in [3.8, 4) is 0 Å². The molecule has 0 spiro atoms. The Morgan fingerprint density at radius 3 is 2.44 bits per heavy atom. The Balaban J connectivity index is 1.96. The molecule has 0 aromatic heterocycles. The average Bonchev–Trinajstić information content (AvgIpc) is 2.67. The number of carbonyl (C=O) groups excluding carboxylic acids is 2. The van der Waals surface area contributed by atoms with E-state index in [9.17, 15) is 19.7 Å². The maximum Gasteiger partial charge on any atom is 0.340 e. The summed E-state index contributed by atoms with van der Waals surface area (Å²) in [7, 11) is 0. The Hall–Kier alpha value is -3.42. The maximum atomic E-state index is 12.3. The lowest BCUT2D eigenvalue weighted by atomic mass is 10.1. The highest BCUT2D eigenvalue weighted by Crippen LogP contribution is 2.23. The first kappa shape index (κ1) is 19.9. The van der Waals surface area contributed by atoms with Crippen molar-refractivity contribution >= 4 is 28.9 Å². The van der Waals surface area contributed by atoms with Crippen LogP contribution in [0.3, 0.4) is 0 Å². The third kappa shape index (κ3) is 5.81. The van der Waals surface area contributed by atoms with Gasteiger partial charge in [0, 0.05) is 18.3 Å². The lowest BCUT2D eigenvalue weighted by Crippen LogP contribution is -2.22. The van der Waals surface area contributed by atoms with Crippen molar-refractivity contribution in [3.05, 3.63) is 64.2 Å². The van der Waals surface area contributed by atoms with Crippen LogP contribution in [0.15, 0.2) is 48.5 Å². The lowest BCUT2D eigenvalue weighted by molar-refractivity contribution is -0.383. The Bertz CT molecular complexity index is 822. The predicted octanol–water partition coefficient (Wildman–Crippen LogP) is 3.60. The second-order valence-electron chi connectivity index (χ2n) is 5.72. The Morgan fingerprint density at radius 1 is 1.07 bits per heavy atom. The van der Waals surface area contributed by atoms with E-state index in [4.69, 9.17) is 4.74 Å². The molecule has 8 heteroatoms. The second-order valence-corrected chi connectivity index (χ2v) is 5.72. The van der Waals surface area contributed by atoms with E-state index in [1.54, 1.807) is 30.3 Å². The fraction of sp³-hybridized carbons (Fsp3) is 0.263. The molecule has 0 radical (unpaired) electrons. The topological polar surface area (TPSA) is 111 Å². The van der Waals surface area contributed by atoms with E-state index >= 15 is 0 Å². The quantitative estimate of drug-likeness (QED) is 0.301. The number of ether oxygens (including phenoxy) is 1. The number of nitrogens with zero attached hydrogens (tertiary/aromatic N) is 1. The normalized spacial score (nSPS) is 10.1. The van der Waals surface area contributed by atoms with Gasteiger partial charge in [0.15, 0.2) is 6.61 Å². The molecule has 8 nitrogen and oxygen atoms in total. The van der Waals surface area contributed by atoms with Crippen LogP contribution in [0, 0.1) is 10.1 Å². The zero-order valence-electron chi connectivity index (χ0n) is 14.9. The summed E-state index contributed by atoms with van der Waals surface area (Å²) in [5, 5.41) is 16.5. The molecular formula is C19H21N3O5. The molecule has 0 fully saturated rings. The molecule has 0 unspecified atom stereocenters. The minimum Gasteiger partial charge on any atom is -0.452 e. The van der Waals surface area contributed by atoms with Crippen molar-refractivity contribution in [3.63, 3.8) is 0 Å². The van der Waals surface area contributed by atoms with E-state index in [0.29, 0.717) is 11.3 Å². The number of anilines is 2. The summed E-state index contributed by atoms with van der Waals surface area (Å²) in [6.07, 6.45) is 1.98. The first-order valence-corrected chi connectivity index (χ1v) is 8.56. The molecule has 2 aromatic rings. The van der Waals surface area contributed by atoms with Gasteiger partial charge in [0.1, 0.15) is 5.69 Å². The fourth-order valence-corrected chi connectivity index (χ4v) is 2.35. The number of amides is 1. The zero-order valence-corrected chi connectivity index (χ0v) is 14.9. The number of para-hydroxylation sites is 3. The van der Waals surface area contributed by atoms with Gasteiger partial charge in [0.05, 0.1) is 10.5 Å². The van der Waals surface area contributed by atoms with E-state index < -0.39 is 23.4 Å². The summed E-state index contributed by atoms with van der Waals surface area (Å²) < 4.78 is 5.05. The van der Waals surface area contributed by atoms with Gasteiger partial charge in [-0.1, -0.05) is 37.6 Å². The van der Waals surface area contributed by atoms with E-state index in [1.807, 2.05) is 0 Å². The van der Waals surface area contributed by atoms with Crippen molar-refractivity contribution in [1.82, 2.24) is 0 Å². The molecule has 0 aliphatic heterocycles. The number of rotatable bonds is 9. The second kappa shape index (κ2) is 9.91. The zero-order chi connectivity index (χ0) is 19.6. The summed E-state index contributed by atoms with van der Waals surface area (Å²) in [5.41, 5.74) is 0.773.